The van der Waals surface area contributed by atoms with Crippen molar-refractivity contribution in [1.82, 2.24) is 9.80 Å². The maximum Gasteiger partial charge on any atom is 0.410 e. The fraction of sp³-hybridized carbons (Fsp3) is 0.533. The largest absolute Gasteiger partial charge is 0.493 e. The van der Waals surface area contributed by atoms with Gasteiger partial charge >= 0.3 is 12.2 Å². The van der Waals surface area contributed by atoms with Crippen molar-refractivity contribution in [1.29, 1.82) is 0 Å². The van der Waals surface area contributed by atoms with E-state index in [1.54, 1.807) is 4.90 Å². The molecule has 200 valence electrons. The zero-order valence-electron chi connectivity index (χ0n) is 22.4. The molecule has 2 aromatic rings. The number of amides is 2. The zero-order chi connectivity index (χ0) is 26.3. The fourth-order valence-corrected chi connectivity index (χ4v) is 4.95. The summed E-state index contributed by atoms with van der Waals surface area (Å²) in [6.07, 6.45) is 3.37. The van der Waals surface area contributed by atoms with Crippen LogP contribution in [-0.2, 0) is 16.1 Å². The monoisotopic (exact) mass is 508 g/mol. The molecule has 2 fully saturated rings. The fourth-order valence-electron chi connectivity index (χ4n) is 4.95. The van der Waals surface area contributed by atoms with E-state index >= 15 is 0 Å². The molecule has 2 aliphatic heterocycles. The van der Waals surface area contributed by atoms with E-state index in [1.807, 2.05) is 68.1 Å². The van der Waals surface area contributed by atoms with Gasteiger partial charge in [0, 0.05) is 32.1 Å². The molecular weight excluding hydrogens is 468 g/mol. The van der Waals surface area contributed by atoms with Crippen molar-refractivity contribution in [2.24, 2.45) is 5.92 Å². The Morgan fingerprint density at radius 2 is 1.57 bits per heavy atom. The number of carbonyl (C=O) groups excluding carboxylic acids is 2. The maximum absolute atomic E-state index is 12.4. The average Bonchev–Trinajstić information content (AvgIpc) is 2.91. The molecule has 0 aromatic heterocycles. The second-order valence-electron chi connectivity index (χ2n) is 11.1. The highest BCUT2D eigenvalue weighted by molar-refractivity contribution is 5.68. The predicted molar refractivity (Wildman–Crippen MR) is 143 cm³/mol. The van der Waals surface area contributed by atoms with Crippen LogP contribution in [0.5, 0.6) is 5.75 Å². The quantitative estimate of drug-likeness (QED) is 0.463. The zero-order valence-corrected chi connectivity index (χ0v) is 22.4. The summed E-state index contributed by atoms with van der Waals surface area (Å²) in [6.45, 7) is 9.38. The van der Waals surface area contributed by atoms with Gasteiger partial charge in [0.05, 0.1) is 6.61 Å². The number of piperidine rings is 2. The summed E-state index contributed by atoms with van der Waals surface area (Å²) >= 11 is 0. The molecule has 0 spiro atoms. The Morgan fingerprint density at radius 1 is 0.865 bits per heavy atom. The predicted octanol–water partition coefficient (Wildman–Crippen LogP) is 6.23. The summed E-state index contributed by atoms with van der Waals surface area (Å²) in [5.41, 5.74) is 1.79. The number of carbonyl (C=O) groups is 2. The van der Waals surface area contributed by atoms with Crippen LogP contribution in [0.1, 0.15) is 63.5 Å². The van der Waals surface area contributed by atoms with Crippen LogP contribution in [0.4, 0.5) is 9.59 Å². The van der Waals surface area contributed by atoms with Crippen molar-refractivity contribution in [2.75, 3.05) is 32.8 Å². The maximum atomic E-state index is 12.4. The third kappa shape index (κ3) is 8.14. The lowest BCUT2D eigenvalue weighted by molar-refractivity contribution is 0.0139. The van der Waals surface area contributed by atoms with Crippen molar-refractivity contribution >= 4 is 12.2 Å². The minimum Gasteiger partial charge on any atom is -0.493 e. The van der Waals surface area contributed by atoms with Crippen LogP contribution in [0.15, 0.2) is 54.6 Å². The molecule has 2 heterocycles. The number of ether oxygens (including phenoxy) is 3. The van der Waals surface area contributed by atoms with Gasteiger partial charge in [0.2, 0.25) is 0 Å². The first-order chi connectivity index (χ1) is 17.8. The molecule has 4 rings (SSSR count). The lowest BCUT2D eigenvalue weighted by Crippen LogP contribution is -2.44. The molecule has 1 unspecified atom stereocenters. The minimum atomic E-state index is -0.482. The summed E-state index contributed by atoms with van der Waals surface area (Å²) in [7, 11) is 0. The first kappa shape index (κ1) is 26.8. The van der Waals surface area contributed by atoms with Gasteiger partial charge in [0.15, 0.2) is 0 Å². The van der Waals surface area contributed by atoms with Gasteiger partial charge in [-0.3, -0.25) is 0 Å². The first-order valence-electron chi connectivity index (χ1n) is 13.4. The van der Waals surface area contributed by atoms with Crippen molar-refractivity contribution in [2.45, 2.75) is 64.6 Å². The molecule has 7 nitrogen and oxygen atoms in total. The highest BCUT2D eigenvalue weighted by Crippen LogP contribution is 2.30. The highest BCUT2D eigenvalue weighted by Gasteiger charge is 2.28. The summed E-state index contributed by atoms with van der Waals surface area (Å²) in [5, 5.41) is 0. The van der Waals surface area contributed by atoms with Gasteiger partial charge < -0.3 is 24.0 Å². The lowest BCUT2D eigenvalue weighted by Gasteiger charge is -2.34. The smallest absolute Gasteiger partial charge is 0.410 e. The summed E-state index contributed by atoms with van der Waals surface area (Å²) in [6, 6.07) is 18.1. The number of hydrogen-bond acceptors (Lipinski definition) is 5. The van der Waals surface area contributed by atoms with Crippen LogP contribution >= 0.6 is 0 Å². The van der Waals surface area contributed by atoms with Crippen molar-refractivity contribution < 1.29 is 23.8 Å². The number of rotatable bonds is 6. The third-order valence-corrected chi connectivity index (χ3v) is 6.97. The molecule has 2 aromatic carbocycles. The van der Waals surface area contributed by atoms with Gasteiger partial charge in [-0.15, -0.1) is 0 Å². The van der Waals surface area contributed by atoms with Gasteiger partial charge in [-0.2, -0.15) is 0 Å². The Bertz CT molecular complexity index is 1010. The van der Waals surface area contributed by atoms with E-state index in [2.05, 4.69) is 12.1 Å². The second kappa shape index (κ2) is 12.3. The van der Waals surface area contributed by atoms with Crippen molar-refractivity contribution in [3.63, 3.8) is 0 Å². The molecule has 0 aliphatic carbocycles. The Balaban J connectivity index is 1.19. The number of benzene rings is 2. The van der Waals surface area contributed by atoms with E-state index in [-0.39, 0.29) is 12.2 Å². The van der Waals surface area contributed by atoms with Crippen LogP contribution in [0, 0.1) is 5.92 Å². The van der Waals surface area contributed by atoms with Gasteiger partial charge in [0.25, 0.3) is 0 Å². The third-order valence-electron chi connectivity index (χ3n) is 6.97. The summed E-state index contributed by atoms with van der Waals surface area (Å²) in [5.74, 6) is 1.57. The standard InChI is InChI=1S/C30H40N2O5/c1-30(2,3)37-29(34)32-17-7-10-24(20-32)22-35-27-13-11-25(12-14-27)26-15-18-31(19-16-26)28(33)36-21-23-8-5-4-6-9-23/h4-6,8-9,11-14,24,26H,7,10,15-22H2,1-3H3. The molecule has 37 heavy (non-hydrogen) atoms. The first-order valence-corrected chi connectivity index (χ1v) is 13.4. The minimum absolute atomic E-state index is 0.237. The van der Waals surface area contributed by atoms with E-state index in [1.165, 1.54) is 5.56 Å². The van der Waals surface area contributed by atoms with E-state index in [0.29, 0.717) is 44.7 Å². The van der Waals surface area contributed by atoms with E-state index in [4.69, 9.17) is 14.2 Å². The molecule has 0 N–H and O–H groups in total. The Labute approximate surface area is 220 Å². The number of nitrogens with zero attached hydrogens (tertiary/aromatic N) is 2. The molecule has 1 atom stereocenters. The SMILES string of the molecule is CC(C)(C)OC(=O)N1CCCC(COc2ccc(C3CCN(C(=O)OCc4ccccc4)CC3)cc2)C1. The molecular formula is C30H40N2O5. The van der Waals surface area contributed by atoms with Gasteiger partial charge in [-0.1, -0.05) is 42.5 Å². The van der Waals surface area contributed by atoms with Crippen LogP contribution in [0.3, 0.4) is 0 Å². The molecule has 0 radical (unpaired) electrons. The van der Waals surface area contributed by atoms with E-state index < -0.39 is 5.60 Å². The Hall–Kier alpha value is -3.22. The number of likely N-dealkylation sites (tertiary alicyclic amines) is 2. The molecule has 2 saturated heterocycles. The topological polar surface area (TPSA) is 68.3 Å². The lowest BCUT2D eigenvalue weighted by atomic mass is 9.89. The molecule has 2 aliphatic rings. The van der Waals surface area contributed by atoms with Crippen LogP contribution in [0.2, 0.25) is 0 Å². The van der Waals surface area contributed by atoms with Gasteiger partial charge in [-0.25, -0.2) is 9.59 Å². The van der Waals surface area contributed by atoms with Crippen molar-refractivity contribution in [3.05, 3.63) is 65.7 Å². The van der Waals surface area contributed by atoms with Crippen LogP contribution < -0.4 is 4.74 Å². The van der Waals surface area contributed by atoms with Crippen LogP contribution in [0.25, 0.3) is 0 Å². The molecule has 7 heteroatoms. The molecule has 0 saturated carbocycles. The Kier molecular flexibility index (Phi) is 8.95. The van der Waals surface area contributed by atoms with Gasteiger partial charge in [-0.05, 0) is 75.6 Å². The normalized spacial score (nSPS) is 18.8. The van der Waals surface area contributed by atoms with Gasteiger partial charge in [0.1, 0.15) is 18.0 Å². The highest BCUT2D eigenvalue weighted by atomic mass is 16.6. The van der Waals surface area contributed by atoms with Crippen molar-refractivity contribution in [3.8, 4) is 5.75 Å². The van der Waals surface area contributed by atoms with Crippen LogP contribution in [-0.4, -0.2) is 60.4 Å². The number of hydrogen-bond donors (Lipinski definition) is 0. The van der Waals surface area contributed by atoms with E-state index in [9.17, 15) is 9.59 Å². The summed E-state index contributed by atoms with van der Waals surface area (Å²) in [4.78, 5) is 28.5. The average molecular weight is 509 g/mol. The molecule has 2 amide bonds. The Morgan fingerprint density at radius 3 is 2.24 bits per heavy atom. The summed E-state index contributed by atoms with van der Waals surface area (Å²) < 4.78 is 17.1. The molecule has 0 bridgehead atoms. The van der Waals surface area contributed by atoms with E-state index in [0.717, 1.165) is 43.5 Å². The second-order valence-corrected chi connectivity index (χ2v) is 11.1.